The van der Waals surface area contributed by atoms with Gasteiger partial charge in [-0.25, -0.2) is 0 Å². The van der Waals surface area contributed by atoms with Gasteiger partial charge in [0.05, 0.1) is 13.2 Å². The quantitative estimate of drug-likeness (QED) is 0.740. The Hall–Kier alpha value is -0.660. The first-order valence-corrected chi connectivity index (χ1v) is 6.14. The molecule has 0 N–H and O–H groups in total. The van der Waals surface area contributed by atoms with Crippen LogP contribution in [0.2, 0.25) is 0 Å². The van der Waals surface area contributed by atoms with Crippen LogP contribution in [-0.4, -0.2) is 38.1 Å². The maximum absolute atomic E-state index is 12.0. The third kappa shape index (κ3) is 4.61. The van der Waals surface area contributed by atoms with E-state index in [-0.39, 0.29) is 5.91 Å². The lowest BCUT2D eigenvalue weighted by molar-refractivity contribution is 0.0744. The van der Waals surface area contributed by atoms with E-state index in [0.29, 0.717) is 25.3 Å². The fraction of sp³-hybridized carbons (Fsp3) is 0.417. The summed E-state index contributed by atoms with van der Waals surface area (Å²) in [6, 6.07) is 7.46. The SMILES string of the molecule is COCCN(C)C(=O)c1cccc(COI)c1. The van der Waals surface area contributed by atoms with Crippen molar-refractivity contribution in [1.29, 1.82) is 0 Å². The van der Waals surface area contributed by atoms with Crippen molar-refractivity contribution >= 4 is 28.9 Å². The van der Waals surface area contributed by atoms with Crippen molar-refractivity contribution in [3.8, 4) is 0 Å². The first-order valence-electron chi connectivity index (χ1n) is 5.26. The maximum Gasteiger partial charge on any atom is 0.253 e. The van der Waals surface area contributed by atoms with Gasteiger partial charge >= 0.3 is 0 Å². The Balaban J connectivity index is 2.70. The number of ether oxygens (including phenoxy) is 1. The van der Waals surface area contributed by atoms with Crippen LogP contribution in [0, 0.1) is 0 Å². The van der Waals surface area contributed by atoms with E-state index in [1.807, 2.05) is 47.3 Å². The van der Waals surface area contributed by atoms with Gasteiger partial charge in [-0.05, 0) is 17.7 Å². The normalized spacial score (nSPS) is 10.3. The van der Waals surface area contributed by atoms with E-state index in [1.165, 1.54) is 0 Å². The lowest BCUT2D eigenvalue weighted by Gasteiger charge is -2.16. The minimum Gasteiger partial charge on any atom is -0.383 e. The number of carbonyl (C=O) groups is 1. The molecule has 0 unspecified atom stereocenters. The summed E-state index contributed by atoms with van der Waals surface area (Å²) in [5.74, 6) is -0.00245. The fourth-order valence-corrected chi connectivity index (χ4v) is 1.77. The van der Waals surface area contributed by atoms with Crippen LogP contribution < -0.4 is 0 Å². The Kier molecular flexibility index (Phi) is 6.46. The summed E-state index contributed by atoms with van der Waals surface area (Å²) in [4.78, 5) is 13.7. The van der Waals surface area contributed by atoms with E-state index in [9.17, 15) is 4.79 Å². The van der Waals surface area contributed by atoms with Crippen LogP contribution >= 0.6 is 23.0 Å². The summed E-state index contributed by atoms with van der Waals surface area (Å²) >= 11 is 1.84. The third-order valence-corrected chi connectivity index (χ3v) is 2.68. The van der Waals surface area contributed by atoms with E-state index < -0.39 is 0 Å². The number of methoxy groups -OCH3 is 1. The van der Waals surface area contributed by atoms with Crippen molar-refractivity contribution in [1.82, 2.24) is 4.90 Å². The largest absolute Gasteiger partial charge is 0.383 e. The van der Waals surface area contributed by atoms with E-state index in [0.717, 1.165) is 5.56 Å². The Morgan fingerprint density at radius 2 is 2.24 bits per heavy atom. The van der Waals surface area contributed by atoms with Gasteiger partial charge in [0.15, 0.2) is 0 Å². The third-order valence-electron chi connectivity index (χ3n) is 2.37. The van der Waals surface area contributed by atoms with E-state index in [4.69, 9.17) is 7.80 Å². The molecule has 94 valence electrons. The molecule has 1 rings (SSSR count). The first-order chi connectivity index (χ1) is 8.19. The van der Waals surface area contributed by atoms with Gasteiger partial charge in [-0.2, -0.15) is 0 Å². The van der Waals surface area contributed by atoms with Crippen molar-refractivity contribution in [3.05, 3.63) is 35.4 Å². The summed E-state index contributed by atoms with van der Waals surface area (Å²) in [5.41, 5.74) is 1.67. The molecule has 1 amide bonds. The number of hydrogen-bond donors (Lipinski definition) is 0. The molecule has 0 atom stereocenters. The molecular formula is C12H16INO3. The molecule has 1 aromatic rings. The van der Waals surface area contributed by atoms with Gasteiger partial charge in [0.25, 0.3) is 5.91 Å². The van der Waals surface area contributed by atoms with Crippen molar-refractivity contribution < 1.29 is 12.6 Å². The molecule has 0 aliphatic rings. The lowest BCUT2D eigenvalue weighted by atomic mass is 10.1. The number of rotatable bonds is 6. The van der Waals surface area contributed by atoms with E-state index in [2.05, 4.69) is 0 Å². The maximum atomic E-state index is 12.0. The molecule has 0 bridgehead atoms. The van der Waals surface area contributed by atoms with E-state index in [1.54, 1.807) is 19.1 Å². The number of hydrogen-bond acceptors (Lipinski definition) is 3. The summed E-state index contributed by atoms with van der Waals surface area (Å²) in [5, 5.41) is 0. The van der Waals surface area contributed by atoms with Crippen LogP contribution in [-0.2, 0) is 14.4 Å². The molecule has 0 heterocycles. The standard InChI is InChI=1S/C12H16INO3/c1-14(6-7-16-2)12(15)11-5-3-4-10(8-11)9-17-13/h3-5,8H,6-7,9H2,1-2H3. The number of nitrogens with zero attached hydrogens (tertiary/aromatic N) is 1. The minimum absolute atomic E-state index is 0.00245. The molecule has 0 spiro atoms. The van der Waals surface area contributed by atoms with Gasteiger partial charge < -0.3 is 12.7 Å². The van der Waals surface area contributed by atoms with Crippen LogP contribution in [0.15, 0.2) is 24.3 Å². The molecule has 5 heteroatoms. The molecule has 17 heavy (non-hydrogen) atoms. The molecule has 0 radical (unpaired) electrons. The van der Waals surface area contributed by atoms with Crippen LogP contribution in [0.4, 0.5) is 0 Å². The van der Waals surface area contributed by atoms with Gasteiger partial charge in [0, 0.05) is 26.3 Å². The van der Waals surface area contributed by atoms with Gasteiger partial charge in [0.1, 0.15) is 23.0 Å². The highest BCUT2D eigenvalue weighted by Crippen LogP contribution is 2.10. The van der Waals surface area contributed by atoms with Crippen LogP contribution in [0.1, 0.15) is 15.9 Å². The van der Waals surface area contributed by atoms with Crippen LogP contribution in [0.5, 0.6) is 0 Å². The molecule has 0 fully saturated rings. The Morgan fingerprint density at radius 1 is 1.47 bits per heavy atom. The van der Waals surface area contributed by atoms with Crippen molar-refractivity contribution in [2.24, 2.45) is 0 Å². The molecule has 0 saturated heterocycles. The molecule has 0 aromatic heterocycles. The zero-order valence-electron chi connectivity index (χ0n) is 9.98. The minimum atomic E-state index is -0.00245. The molecule has 0 saturated carbocycles. The molecular weight excluding hydrogens is 333 g/mol. The lowest BCUT2D eigenvalue weighted by Crippen LogP contribution is -2.29. The summed E-state index contributed by atoms with van der Waals surface area (Å²) in [7, 11) is 3.39. The second kappa shape index (κ2) is 7.62. The predicted octanol–water partition coefficient (Wildman–Crippen LogP) is 2.27. The predicted molar refractivity (Wildman–Crippen MR) is 74.1 cm³/mol. The second-order valence-electron chi connectivity index (χ2n) is 3.67. The Morgan fingerprint density at radius 3 is 2.88 bits per heavy atom. The van der Waals surface area contributed by atoms with Crippen LogP contribution in [0.3, 0.4) is 0 Å². The van der Waals surface area contributed by atoms with Crippen molar-refractivity contribution in [2.75, 3.05) is 27.3 Å². The number of carbonyl (C=O) groups excluding carboxylic acids is 1. The van der Waals surface area contributed by atoms with Crippen LogP contribution in [0.25, 0.3) is 0 Å². The zero-order valence-corrected chi connectivity index (χ0v) is 12.1. The summed E-state index contributed by atoms with van der Waals surface area (Å²) < 4.78 is 9.96. The smallest absolute Gasteiger partial charge is 0.253 e. The highest BCUT2D eigenvalue weighted by atomic mass is 127. The molecule has 4 nitrogen and oxygen atoms in total. The number of amides is 1. The first kappa shape index (κ1) is 14.4. The Labute approximate surface area is 116 Å². The van der Waals surface area contributed by atoms with Gasteiger partial charge in [0.2, 0.25) is 0 Å². The topological polar surface area (TPSA) is 38.8 Å². The number of likely N-dealkylation sites (N-methyl/N-ethyl adjacent to an activating group) is 1. The summed E-state index contributed by atoms with van der Waals surface area (Å²) in [6.07, 6.45) is 0. The van der Waals surface area contributed by atoms with Crippen molar-refractivity contribution in [2.45, 2.75) is 6.61 Å². The summed E-state index contributed by atoms with van der Waals surface area (Å²) in [6.45, 7) is 1.63. The zero-order chi connectivity index (χ0) is 12.7. The second-order valence-corrected chi connectivity index (χ2v) is 4.30. The highest BCUT2D eigenvalue weighted by molar-refractivity contribution is 14.1. The van der Waals surface area contributed by atoms with Gasteiger partial charge in [-0.3, -0.25) is 4.79 Å². The number of benzene rings is 1. The van der Waals surface area contributed by atoms with E-state index >= 15 is 0 Å². The monoisotopic (exact) mass is 349 g/mol. The molecule has 0 aliphatic carbocycles. The Bertz CT molecular complexity index is 371. The van der Waals surface area contributed by atoms with Crippen molar-refractivity contribution in [3.63, 3.8) is 0 Å². The average Bonchev–Trinajstić information content (AvgIpc) is 2.35. The molecule has 1 aromatic carbocycles. The van der Waals surface area contributed by atoms with Gasteiger partial charge in [-0.1, -0.05) is 12.1 Å². The highest BCUT2D eigenvalue weighted by Gasteiger charge is 2.11. The molecule has 0 aliphatic heterocycles. The van der Waals surface area contributed by atoms with Gasteiger partial charge in [-0.15, -0.1) is 0 Å². The average molecular weight is 349 g/mol. The fourth-order valence-electron chi connectivity index (χ4n) is 1.41. The number of halogens is 1.